The molecule has 1 saturated heterocycles. The average molecular weight is 378 g/mol. The largest absolute Gasteiger partial charge is 0.372 e. The molecule has 0 bridgehead atoms. The number of anilines is 1. The Morgan fingerprint density at radius 2 is 1.93 bits per heavy atom. The number of fused-ring (bicyclic) bond motifs is 2. The van der Waals surface area contributed by atoms with Gasteiger partial charge < -0.3 is 15.0 Å². The first-order valence-electron chi connectivity index (χ1n) is 9.99. The highest BCUT2D eigenvalue weighted by atomic mass is 16.5. The van der Waals surface area contributed by atoms with E-state index in [0.717, 1.165) is 24.1 Å². The van der Waals surface area contributed by atoms with Crippen molar-refractivity contribution in [1.82, 2.24) is 4.90 Å². The molecule has 5 nitrogen and oxygen atoms in total. The zero-order valence-corrected chi connectivity index (χ0v) is 16.2. The van der Waals surface area contributed by atoms with Gasteiger partial charge in [-0.05, 0) is 43.4 Å². The first-order valence-corrected chi connectivity index (χ1v) is 9.99. The van der Waals surface area contributed by atoms with Crippen LogP contribution in [0, 0.1) is 0 Å². The van der Waals surface area contributed by atoms with Crippen LogP contribution >= 0.6 is 0 Å². The van der Waals surface area contributed by atoms with E-state index in [1.807, 2.05) is 54.3 Å². The van der Waals surface area contributed by atoms with Gasteiger partial charge in [0.25, 0.3) is 0 Å². The van der Waals surface area contributed by atoms with E-state index in [4.69, 9.17) is 4.74 Å². The van der Waals surface area contributed by atoms with Crippen LogP contribution in [0.15, 0.2) is 54.6 Å². The summed E-state index contributed by atoms with van der Waals surface area (Å²) in [6, 6.07) is 17.9. The zero-order chi connectivity index (χ0) is 19.6. The Morgan fingerprint density at radius 3 is 2.71 bits per heavy atom. The Labute approximate surface area is 165 Å². The molecule has 2 atom stereocenters. The molecule has 1 fully saturated rings. The van der Waals surface area contributed by atoms with Gasteiger partial charge in [0.15, 0.2) is 0 Å². The van der Waals surface area contributed by atoms with E-state index < -0.39 is 5.41 Å². The monoisotopic (exact) mass is 378 g/mol. The molecule has 5 heteroatoms. The smallest absolute Gasteiger partial charge is 0.248 e. The molecule has 0 aliphatic carbocycles. The third kappa shape index (κ3) is 3.10. The van der Waals surface area contributed by atoms with E-state index in [2.05, 4.69) is 17.4 Å². The van der Waals surface area contributed by atoms with Crippen molar-refractivity contribution in [3.8, 4) is 0 Å². The fraction of sp³-hybridized carbons (Fsp3) is 0.391. The molecule has 2 aliphatic heterocycles. The number of benzene rings is 2. The van der Waals surface area contributed by atoms with Gasteiger partial charge in [0.05, 0.1) is 11.5 Å². The van der Waals surface area contributed by atoms with Crippen LogP contribution in [-0.4, -0.2) is 42.5 Å². The molecule has 0 saturated carbocycles. The van der Waals surface area contributed by atoms with Crippen molar-refractivity contribution in [2.75, 3.05) is 25.1 Å². The third-order valence-corrected chi connectivity index (χ3v) is 6.05. The van der Waals surface area contributed by atoms with Crippen LogP contribution in [0.1, 0.15) is 30.9 Å². The number of aryl methyl sites for hydroxylation is 1. The second kappa shape index (κ2) is 7.76. The Morgan fingerprint density at radius 1 is 1.18 bits per heavy atom. The summed E-state index contributed by atoms with van der Waals surface area (Å²) < 4.78 is 5.37. The number of carbonyl (C=O) groups excluding carboxylic acids is 2. The van der Waals surface area contributed by atoms with Gasteiger partial charge in [0.1, 0.15) is 6.61 Å². The lowest BCUT2D eigenvalue weighted by molar-refractivity contribution is -0.138. The Bertz CT molecular complexity index is 867. The van der Waals surface area contributed by atoms with Gasteiger partial charge in [-0.2, -0.15) is 0 Å². The summed E-state index contributed by atoms with van der Waals surface area (Å²) in [5.74, 6) is -0.0209. The molecule has 2 aromatic carbocycles. The van der Waals surface area contributed by atoms with Crippen LogP contribution in [0.5, 0.6) is 0 Å². The van der Waals surface area contributed by atoms with Crippen LogP contribution in [0.2, 0.25) is 0 Å². The van der Waals surface area contributed by atoms with Crippen molar-refractivity contribution in [2.45, 2.75) is 37.6 Å². The van der Waals surface area contributed by atoms with Crippen LogP contribution < -0.4 is 5.32 Å². The van der Waals surface area contributed by atoms with E-state index >= 15 is 0 Å². The van der Waals surface area contributed by atoms with Gasteiger partial charge >= 0.3 is 0 Å². The van der Waals surface area contributed by atoms with Crippen molar-refractivity contribution < 1.29 is 14.3 Å². The maximum Gasteiger partial charge on any atom is 0.248 e. The van der Waals surface area contributed by atoms with E-state index in [1.54, 1.807) is 0 Å². The van der Waals surface area contributed by atoms with Gasteiger partial charge in [0, 0.05) is 18.8 Å². The fourth-order valence-corrected chi connectivity index (χ4v) is 4.72. The standard InChI is InChI=1S/C23H26N2O3/c1-2-28-16-21(26)25-15-14-23(18-10-6-7-11-19(18)24-22(23)27)20(25)13-12-17-8-4-3-5-9-17/h3-11,20H,2,12-16H2,1H3,(H,24,27)/t20-,23-/m0/s1. The SMILES string of the molecule is CCOCC(=O)N1CC[C@@]2(C(=O)Nc3ccccc32)[C@@H]1CCc1ccccc1. The van der Waals surface area contributed by atoms with Gasteiger partial charge in [-0.25, -0.2) is 0 Å². The molecule has 1 spiro atoms. The van der Waals surface area contributed by atoms with Gasteiger partial charge in [-0.1, -0.05) is 48.5 Å². The van der Waals surface area contributed by atoms with E-state index in [0.29, 0.717) is 19.6 Å². The second-order valence-electron chi connectivity index (χ2n) is 7.49. The van der Waals surface area contributed by atoms with Crippen molar-refractivity contribution in [1.29, 1.82) is 0 Å². The summed E-state index contributed by atoms with van der Waals surface area (Å²) in [6.45, 7) is 3.03. The molecule has 4 rings (SSSR count). The highest BCUT2D eigenvalue weighted by Crippen LogP contribution is 2.49. The molecule has 146 valence electrons. The predicted octanol–water partition coefficient (Wildman–Crippen LogP) is 3.15. The summed E-state index contributed by atoms with van der Waals surface area (Å²) in [4.78, 5) is 27.9. The van der Waals surface area contributed by atoms with Crippen molar-refractivity contribution in [3.63, 3.8) is 0 Å². The van der Waals surface area contributed by atoms with E-state index in [1.165, 1.54) is 5.56 Å². The zero-order valence-electron chi connectivity index (χ0n) is 16.2. The lowest BCUT2D eigenvalue weighted by atomic mass is 9.73. The summed E-state index contributed by atoms with van der Waals surface area (Å²) in [7, 11) is 0. The number of nitrogens with zero attached hydrogens (tertiary/aromatic N) is 1. The molecule has 28 heavy (non-hydrogen) atoms. The molecule has 0 aromatic heterocycles. The highest BCUT2D eigenvalue weighted by Gasteiger charge is 2.58. The molecule has 0 radical (unpaired) electrons. The minimum Gasteiger partial charge on any atom is -0.372 e. The Kier molecular flexibility index (Phi) is 5.18. The normalized spacial score (nSPS) is 23.1. The Hall–Kier alpha value is -2.66. The Balaban J connectivity index is 1.67. The van der Waals surface area contributed by atoms with Gasteiger partial charge in [0.2, 0.25) is 11.8 Å². The molecule has 2 heterocycles. The van der Waals surface area contributed by atoms with Gasteiger partial charge in [-0.3, -0.25) is 9.59 Å². The predicted molar refractivity (Wildman–Crippen MR) is 108 cm³/mol. The molecule has 1 N–H and O–H groups in total. The van der Waals surface area contributed by atoms with Crippen molar-refractivity contribution >= 4 is 17.5 Å². The minimum atomic E-state index is -0.673. The molecular weight excluding hydrogens is 352 g/mol. The number of para-hydroxylation sites is 1. The first kappa shape index (κ1) is 18.7. The topological polar surface area (TPSA) is 58.6 Å². The molecular formula is C23H26N2O3. The number of ether oxygens (including phenoxy) is 1. The number of hydrogen-bond donors (Lipinski definition) is 1. The summed E-state index contributed by atoms with van der Waals surface area (Å²) in [5.41, 5.74) is 2.43. The number of rotatable bonds is 6. The average Bonchev–Trinajstić information content (AvgIpc) is 3.25. The van der Waals surface area contributed by atoms with Crippen LogP contribution in [-0.2, 0) is 26.2 Å². The van der Waals surface area contributed by atoms with Gasteiger partial charge in [-0.15, -0.1) is 0 Å². The van der Waals surface area contributed by atoms with E-state index in [-0.39, 0.29) is 24.5 Å². The highest BCUT2D eigenvalue weighted by molar-refractivity contribution is 6.07. The van der Waals surface area contributed by atoms with Crippen LogP contribution in [0.3, 0.4) is 0 Å². The minimum absolute atomic E-state index is 0.0125. The summed E-state index contributed by atoms with van der Waals surface area (Å²) in [6.07, 6.45) is 2.21. The third-order valence-electron chi connectivity index (χ3n) is 6.05. The number of carbonyl (C=O) groups is 2. The van der Waals surface area contributed by atoms with Crippen molar-refractivity contribution in [2.24, 2.45) is 0 Å². The lowest BCUT2D eigenvalue weighted by Gasteiger charge is -2.34. The molecule has 2 aromatic rings. The second-order valence-corrected chi connectivity index (χ2v) is 7.49. The molecule has 0 unspecified atom stereocenters. The fourth-order valence-electron chi connectivity index (χ4n) is 4.72. The van der Waals surface area contributed by atoms with Crippen LogP contribution in [0.25, 0.3) is 0 Å². The summed E-state index contributed by atoms with van der Waals surface area (Å²) >= 11 is 0. The molecule has 2 aliphatic rings. The maximum atomic E-state index is 13.2. The quantitative estimate of drug-likeness (QED) is 0.840. The maximum absolute atomic E-state index is 13.2. The lowest BCUT2D eigenvalue weighted by Crippen LogP contribution is -2.49. The number of likely N-dealkylation sites (tertiary alicyclic amines) is 1. The number of nitrogens with one attached hydrogen (secondary N) is 1. The number of hydrogen-bond acceptors (Lipinski definition) is 3. The number of amides is 2. The summed E-state index contributed by atoms with van der Waals surface area (Å²) in [5, 5.41) is 3.05. The van der Waals surface area contributed by atoms with Crippen LogP contribution in [0.4, 0.5) is 5.69 Å². The van der Waals surface area contributed by atoms with E-state index in [9.17, 15) is 9.59 Å². The van der Waals surface area contributed by atoms with Crippen molar-refractivity contribution in [3.05, 3.63) is 65.7 Å². The first-order chi connectivity index (χ1) is 13.7. The molecule has 2 amide bonds.